The third-order valence-electron chi connectivity index (χ3n) is 2.20. The first-order chi connectivity index (χ1) is 8.25. The van der Waals surface area contributed by atoms with Gasteiger partial charge in [0.25, 0.3) is 0 Å². The van der Waals surface area contributed by atoms with E-state index < -0.39 is 0 Å². The second kappa shape index (κ2) is 5.45. The molecule has 0 aliphatic heterocycles. The third kappa shape index (κ3) is 3.29. The summed E-state index contributed by atoms with van der Waals surface area (Å²) < 4.78 is 1.84. The van der Waals surface area contributed by atoms with Gasteiger partial charge >= 0.3 is 0 Å². The van der Waals surface area contributed by atoms with Gasteiger partial charge < -0.3 is 9.88 Å². The van der Waals surface area contributed by atoms with Crippen molar-refractivity contribution in [3.63, 3.8) is 0 Å². The van der Waals surface area contributed by atoms with Crippen molar-refractivity contribution < 1.29 is 4.79 Å². The molecule has 0 bridgehead atoms. The minimum Gasteiger partial charge on any atom is -0.337 e. The molecule has 0 unspecified atom stereocenters. The predicted molar refractivity (Wildman–Crippen MR) is 64.7 cm³/mol. The quantitative estimate of drug-likeness (QED) is 0.902. The maximum Gasteiger partial charge on any atom is 0.226 e. The van der Waals surface area contributed by atoms with Gasteiger partial charge in [0, 0.05) is 31.6 Å². The van der Waals surface area contributed by atoms with Gasteiger partial charge in [-0.25, -0.2) is 4.98 Å². The number of hydrogen-bond donors (Lipinski definition) is 1. The maximum atomic E-state index is 11.6. The molecule has 6 heteroatoms. The molecule has 0 spiro atoms. The molecule has 88 valence electrons. The monoisotopic (exact) mass is 250 g/mol. The van der Waals surface area contributed by atoms with Gasteiger partial charge in [0.05, 0.1) is 23.2 Å². The van der Waals surface area contributed by atoms with Crippen LogP contribution in [0, 0.1) is 0 Å². The SMILES string of the molecule is O=C(CCn1ccnc1)Nc1cnccc1Cl. The lowest BCUT2D eigenvalue weighted by atomic mass is 10.3. The van der Waals surface area contributed by atoms with E-state index >= 15 is 0 Å². The number of halogens is 1. The number of imidazole rings is 1. The molecule has 2 aromatic rings. The fourth-order valence-electron chi connectivity index (χ4n) is 1.33. The molecule has 0 saturated heterocycles. The van der Waals surface area contributed by atoms with Crippen molar-refractivity contribution in [2.24, 2.45) is 0 Å². The Morgan fingerprint density at radius 2 is 2.29 bits per heavy atom. The van der Waals surface area contributed by atoms with E-state index in [1.807, 2.05) is 10.8 Å². The van der Waals surface area contributed by atoms with Crippen LogP contribution in [0.3, 0.4) is 0 Å². The standard InChI is InChI=1S/C11H11ClN4O/c12-9-1-3-13-7-10(9)15-11(17)2-5-16-6-4-14-8-16/h1,3-4,6-8H,2,5H2,(H,15,17). The Labute approximate surface area is 103 Å². The topological polar surface area (TPSA) is 59.8 Å². The van der Waals surface area contributed by atoms with E-state index in [9.17, 15) is 4.79 Å². The van der Waals surface area contributed by atoms with Crippen molar-refractivity contribution >= 4 is 23.2 Å². The molecule has 2 aromatic heterocycles. The van der Waals surface area contributed by atoms with Crippen LogP contribution in [0.2, 0.25) is 5.02 Å². The van der Waals surface area contributed by atoms with Gasteiger partial charge in [-0.15, -0.1) is 0 Å². The second-order valence-corrected chi connectivity index (χ2v) is 3.86. The Morgan fingerprint density at radius 1 is 1.41 bits per heavy atom. The molecule has 1 N–H and O–H groups in total. The highest BCUT2D eigenvalue weighted by Gasteiger charge is 2.05. The number of nitrogens with one attached hydrogen (secondary N) is 1. The number of pyridine rings is 1. The average Bonchev–Trinajstić information content (AvgIpc) is 2.82. The molecular formula is C11H11ClN4O. The van der Waals surface area contributed by atoms with Crippen molar-refractivity contribution in [2.75, 3.05) is 5.32 Å². The van der Waals surface area contributed by atoms with Crippen LogP contribution in [0.25, 0.3) is 0 Å². The number of hydrogen-bond acceptors (Lipinski definition) is 3. The van der Waals surface area contributed by atoms with Crippen molar-refractivity contribution in [3.05, 3.63) is 42.2 Å². The zero-order chi connectivity index (χ0) is 12.1. The van der Waals surface area contributed by atoms with E-state index in [4.69, 9.17) is 11.6 Å². The van der Waals surface area contributed by atoms with E-state index in [0.29, 0.717) is 23.7 Å². The zero-order valence-electron chi connectivity index (χ0n) is 9.01. The normalized spacial score (nSPS) is 10.2. The summed E-state index contributed by atoms with van der Waals surface area (Å²) in [7, 11) is 0. The summed E-state index contributed by atoms with van der Waals surface area (Å²) in [6, 6.07) is 1.63. The minimum absolute atomic E-state index is 0.103. The lowest BCUT2D eigenvalue weighted by Crippen LogP contribution is -2.14. The zero-order valence-corrected chi connectivity index (χ0v) is 9.76. The number of nitrogens with zero attached hydrogens (tertiary/aromatic N) is 3. The number of rotatable bonds is 4. The molecule has 1 amide bonds. The predicted octanol–water partition coefficient (Wildman–Crippen LogP) is 1.96. The molecule has 0 aromatic carbocycles. The first kappa shape index (κ1) is 11.6. The summed E-state index contributed by atoms with van der Waals surface area (Å²) in [5, 5.41) is 3.19. The van der Waals surface area contributed by atoms with Gasteiger partial charge in [-0.1, -0.05) is 11.6 Å². The lowest BCUT2D eigenvalue weighted by Gasteiger charge is -2.06. The van der Waals surface area contributed by atoms with Crippen molar-refractivity contribution in [2.45, 2.75) is 13.0 Å². The van der Waals surface area contributed by atoms with E-state index in [2.05, 4.69) is 15.3 Å². The van der Waals surface area contributed by atoms with Crippen molar-refractivity contribution in [1.29, 1.82) is 0 Å². The molecular weight excluding hydrogens is 240 g/mol. The molecule has 0 fully saturated rings. The number of amides is 1. The molecule has 2 heterocycles. The van der Waals surface area contributed by atoms with Crippen molar-refractivity contribution in [1.82, 2.24) is 14.5 Å². The van der Waals surface area contributed by atoms with Crippen LogP contribution in [-0.2, 0) is 11.3 Å². The number of carbonyl (C=O) groups excluding carboxylic acids is 1. The molecule has 0 radical (unpaired) electrons. The molecule has 17 heavy (non-hydrogen) atoms. The highest BCUT2D eigenvalue weighted by molar-refractivity contribution is 6.33. The highest BCUT2D eigenvalue weighted by Crippen LogP contribution is 2.19. The summed E-state index contributed by atoms with van der Waals surface area (Å²) in [4.78, 5) is 19.4. The first-order valence-corrected chi connectivity index (χ1v) is 5.48. The van der Waals surface area contributed by atoms with Crippen LogP contribution in [0.5, 0.6) is 0 Å². The van der Waals surface area contributed by atoms with Gasteiger partial charge in [-0.05, 0) is 6.07 Å². The molecule has 0 aliphatic carbocycles. The molecule has 0 saturated carbocycles. The Balaban J connectivity index is 1.87. The smallest absolute Gasteiger partial charge is 0.226 e. The Kier molecular flexibility index (Phi) is 3.72. The first-order valence-electron chi connectivity index (χ1n) is 5.11. The Hall–Kier alpha value is -1.88. The molecule has 0 aliphatic rings. The number of carbonyl (C=O) groups is 1. The van der Waals surface area contributed by atoms with E-state index in [-0.39, 0.29) is 5.91 Å². The summed E-state index contributed by atoms with van der Waals surface area (Å²) in [6.07, 6.45) is 8.62. The molecule has 0 atom stereocenters. The molecule has 2 rings (SSSR count). The lowest BCUT2D eigenvalue weighted by molar-refractivity contribution is -0.116. The van der Waals surface area contributed by atoms with Crippen LogP contribution in [0.15, 0.2) is 37.2 Å². The van der Waals surface area contributed by atoms with Crippen LogP contribution < -0.4 is 5.32 Å². The Bertz CT molecular complexity index is 498. The van der Waals surface area contributed by atoms with Gasteiger partial charge in [0.1, 0.15) is 0 Å². The van der Waals surface area contributed by atoms with Gasteiger partial charge in [0.15, 0.2) is 0 Å². The summed E-state index contributed by atoms with van der Waals surface area (Å²) in [5.41, 5.74) is 0.532. The van der Waals surface area contributed by atoms with E-state index in [0.717, 1.165) is 0 Å². The fraction of sp³-hybridized carbons (Fsp3) is 0.182. The van der Waals surface area contributed by atoms with Crippen LogP contribution in [0.4, 0.5) is 5.69 Å². The average molecular weight is 251 g/mol. The number of aryl methyl sites for hydroxylation is 1. The minimum atomic E-state index is -0.103. The van der Waals surface area contributed by atoms with Gasteiger partial charge in [0.2, 0.25) is 5.91 Å². The highest BCUT2D eigenvalue weighted by atomic mass is 35.5. The van der Waals surface area contributed by atoms with Crippen LogP contribution >= 0.6 is 11.6 Å². The summed E-state index contributed by atoms with van der Waals surface area (Å²) in [6.45, 7) is 0.587. The number of anilines is 1. The van der Waals surface area contributed by atoms with E-state index in [1.54, 1.807) is 24.8 Å². The Morgan fingerprint density at radius 3 is 3.00 bits per heavy atom. The number of aromatic nitrogens is 3. The van der Waals surface area contributed by atoms with Crippen molar-refractivity contribution in [3.8, 4) is 0 Å². The summed E-state index contributed by atoms with van der Waals surface area (Å²) >= 11 is 5.90. The van der Waals surface area contributed by atoms with Gasteiger partial charge in [-0.2, -0.15) is 0 Å². The second-order valence-electron chi connectivity index (χ2n) is 3.45. The van der Waals surface area contributed by atoms with Crippen LogP contribution in [-0.4, -0.2) is 20.4 Å². The van der Waals surface area contributed by atoms with E-state index in [1.165, 1.54) is 6.20 Å². The maximum absolute atomic E-state index is 11.6. The fourth-order valence-corrected chi connectivity index (χ4v) is 1.48. The third-order valence-corrected chi connectivity index (χ3v) is 2.53. The molecule has 5 nitrogen and oxygen atoms in total. The largest absolute Gasteiger partial charge is 0.337 e. The van der Waals surface area contributed by atoms with Gasteiger partial charge in [-0.3, -0.25) is 9.78 Å². The summed E-state index contributed by atoms with van der Waals surface area (Å²) in [5.74, 6) is -0.103. The van der Waals surface area contributed by atoms with Crippen LogP contribution in [0.1, 0.15) is 6.42 Å².